The van der Waals surface area contributed by atoms with Crippen molar-refractivity contribution in [1.82, 2.24) is 10.2 Å². The smallest absolute Gasteiger partial charge is 0.226 e. The highest BCUT2D eigenvalue weighted by Gasteiger charge is 2.40. The Morgan fingerprint density at radius 3 is 2.78 bits per heavy atom. The van der Waals surface area contributed by atoms with E-state index < -0.39 is 0 Å². The number of hydrogen-bond acceptors (Lipinski definition) is 4. The summed E-state index contributed by atoms with van der Waals surface area (Å²) in [7, 11) is 0. The highest BCUT2D eigenvalue weighted by atomic mass is 35.5. The van der Waals surface area contributed by atoms with Gasteiger partial charge in [0.1, 0.15) is 0 Å². The summed E-state index contributed by atoms with van der Waals surface area (Å²) in [5, 5.41) is 4.31. The number of nitrogens with zero attached hydrogens (tertiary/aromatic N) is 1. The number of halogens is 1. The summed E-state index contributed by atoms with van der Waals surface area (Å²) in [5.41, 5.74) is 3.74. The maximum absolute atomic E-state index is 13.2. The van der Waals surface area contributed by atoms with Crippen LogP contribution in [0.3, 0.4) is 0 Å². The van der Waals surface area contributed by atoms with E-state index in [2.05, 4.69) is 22.3 Å². The summed E-state index contributed by atoms with van der Waals surface area (Å²) >= 11 is 6.40. The molecule has 0 radical (unpaired) electrons. The number of fused-ring (bicyclic) bond motifs is 3. The van der Waals surface area contributed by atoms with Gasteiger partial charge in [0, 0.05) is 30.6 Å². The molecular formula is C21H27ClN2O3. The van der Waals surface area contributed by atoms with Crippen molar-refractivity contribution in [3.05, 3.63) is 33.8 Å². The molecule has 0 aliphatic carbocycles. The summed E-state index contributed by atoms with van der Waals surface area (Å²) in [4.78, 5) is 15.3. The SMILES string of the molecule is O=C(C1CC2CCC(C1)O2)N1CCc2cc(Cl)cc([C@@H]3COCCN3)c2C1. The molecule has 0 aromatic heterocycles. The fourth-order valence-corrected chi connectivity index (χ4v) is 5.49. The van der Waals surface area contributed by atoms with E-state index >= 15 is 0 Å². The number of rotatable bonds is 2. The molecule has 27 heavy (non-hydrogen) atoms. The minimum absolute atomic E-state index is 0.129. The third-order valence-corrected chi connectivity index (χ3v) is 6.81. The molecule has 1 aromatic rings. The number of hydrogen-bond donors (Lipinski definition) is 1. The molecule has 5 nitrogen and oxygen atoms in total. The van der Waals surface area contributed by atoms with Crippen molar-refractivity contribution in [2.75, 3.05) is 26.3 Å². The summed E-state index contributed by atoms with van der Waals surface area (Å²) in [6, 6.07) is 4.27. The first kappa shape index (κ1) is 17.9. The largest absolute Gasteiger partial charge is 0.378 e. The van der Waals surface area contributed by atoms with Crippen molar-refractivity contribution in [2.24, 2.45) is 5.92 Å². The standard InChI is InChI=1S/C21H27ClN2O3/c22-15-7-13-3-5-24(21(25)14-8-16-1-2-17(9-14)27-16)11-19(13)18(10-15)20-12-26-6-4-23-20/h7,10,14,16-17,20,23H,1-6,8-9,11-12H2/t14?,16?,17?,20-/m0/s1. The Labute approximate surface area is 165 Å². The third kappa shape index (κ3) is 3.51. The average molecular weight is 391 g/mol. The Morgan fingerprint density at radius 2 is 2.04 bits per heavy atom. The van der Waals surface area contributed by atoms with Gasteiger partial charge in [-0.25, -0.2) is 0 Å². The Hall–Kier alpha value is -1.14. The van der Waals surface area contributed by atoms with Gasteiger partial charge in [-0.1, -0.05) is 11.6 Å². The molecule has 146 valence electrons. The highest BCUT2D eigenvalue weighted by Crippen LogP contribution is 2.38. The number of benzene rings is 1. The topological polar surface area (TPSA) is 50.8 Å². The van der Waals surface area contributed by atoms with Gasteiger partial charge in [0.25, 0.3) is 0 Å². The number of carbonyl (C=O) groups is 1. The molecule has 4 heterocycles. The molecule has 1 aromatic carbocycles. The predicted molar refractivity (Wildman–Crippen MR) is 103 cm³/mol. The lowest BCUT2D eigenvalue weighted by atomic mass is 9.89. The molecule has 0 spiro atoms. The Bertz CT molecular complexity index is 722. The van der Waals surface area contributed by atoms with Crippen LogP contribution in [0.2, 0.25) is 5.02 Å². The highest BCUT2D eigenvalue weighted by molar-refractivity contribution is 6.30. The number of carbonyl (C=O) groups excluding carboxylic acids is 1. The summed E-state index contributed by atoms with van der Waals surface area (Å²) < 4.78 is 11.6. The van der Waals surface area contributed by atoms with E-state index in [1.165, 1.54) is 16.7 Å². The van der Waals surface area contributed by atoms with Crippen LogP contribution in [-0.2, 0) is 27.2 Å². The zero-order chi connectivity index (χ0) is 18.4. The van der Waals surface area contributed by atoms with E-state index in [-0.39, 0.29) is 12.0 Å². The van der Waals surface area contributed by atoms with Gasteiger partial charge >= 0.3 is 0 Å². The lowest BCUT2D eigenvalue weighted by Crippen LogP contribution is -2.44. The molecule has 5 rings (SSSR count). The fourth-order valence-electron chi connectivity index (χ4n) is 5.24. The minimum Gasteiger partial charge on any atom is -0.378 e. The maximum atomic E-state index is 13.2. The Balaban J connectivity index is 1.37. The zero-order valence-electron chi connectivity index (χ0n) is 15.6. The number of ether oxygens (including phenoxy) is 2. The second-order valence-corrected chi connectivity index (χ2v) is 8.79. The molecule has 2 unspecified atom stereocenters. The van der Waals surface area contributed by atoms with Crippen LogP contribution >= 0.6 is 11.6 Å². The van der Waals surface area contributed by atoms with Crippen LogP contribution in [0.4, 0.5) is 0 Å². The molecule has 4 aliphatic heterocycles. The van der Waals surface area contributed by atoms with Gasteiger partial charge in [0.15, 0.2) is 0 Å². The quantitative estimate of drug-likeness (QED) is 0.843. The van der Waals surface area contributed by atoms with Crippen LogP contribution in [0.25, 0.3) is 0 Å². The Kier molecular flexibility index (Phi) is 4.88. The first-order valence-corrected chi connectivity index (χ1v) is 10.6. The van der Waals surface area contributed by atoms with Gasteiger partial charge in [0.05, 0.1) is 31.5 Å². The van der Waals surface area contributed by atoms with Crippen LogP contribution in [0.5, 0.6) is 0 Å². The van der Waals surface area contributed by atoms with Gasteiger partial charge in [-0.05, 0) is 60.9 Å². The number of nitrogens with one attached hydrogen (secondary N) is 1. The van der Waals surface area contributed by atoms with Gasteiger partial charge in [-0.3, -0.25) is 4.79 Å². The first-order chi connectivity index (χ1) is 13.2. The molecule has 3 atom stereocenters. The van der Waals surface area contributed by atoms with Crippen molar-refractivity contribution in [1.29, 1.82) is 0 Å². The van der Waals surface area contributed by atoms with E-state index in [9.17, 15) is 4.79 Å². The van der Waals surface area contributed by atoms with Crippen LogP contribution in [0.15, 0.2) is 12.1 Å². The van der Waals surface area contributed by atoms with Gasteiger partial charge < -0.3 is 19.7 Å². The maximum Gasteiger partial charge on any atom is 0.226 e. The van der Waals surface area contributed by atoms with E-state index in [0.717, 1.165) is 56.8 Å². The zero-order valence-corrected chi connectivity index (χ0v) is 16.3. The molecular weight excluding hydrogens is 364 g/mol. The van der Waals surface area contributed by atoms with Gasteiger partial charge in [0.2, 0.25) is 5.91 Å². The van der Waals surface area contributed by atoms with E-state index in [0.29, 0.717) is 31.3 Å². The van der Waals surface area contributed by atoms with Crippen molar-refractivity contribution in [3.63, 3.8) is 0 Å². The van der Waals surface area contributed by atoms with Crippen molar-refractivity contribution < 1.29 is 14.3 Å². The molecule has 0 saturated carbocycles. The van der Waals surface area contributed by atoms with E-state index in [1.807, 2.05) is 0 Å². The van der Waals surface area contributed by atoms with Crippen LogP contribution in [-0.4, -0.2) is 49.3 Å². The monoisotopic (exact) mass is 390 g/mol. The Morgan fingerprint density at radius 1 is 1.22 bits per heavy atom. The lowest BCUT2D eigenvalue weighted by molar-refractivity contribution is -0.142. The van der Waals surface area contributed by atoms with Gasteiger partial charge in [-0.15, -0.1) is 0 Å². The second-order valence-electron chi connectivity index (χ2n) is 8.35. The second kappa shape index (κ2) is 7.36. The van der Waals surface area contributed by atoms with Crippen LogP contribution in [0, 0.1) is 5.92 Å². The van der Waals surface area contributed by atoms with Crippen LogP contribution in [0.1, 0.15) is 48.4 Å². The lowest BCUT2D eigenvalue weighted by Gasteiger charge is -2.37. The molecule has 3 fully saturated rings. The summed E-state index contributed by atoms with van der Waals surface area (Å²) in [5.74, 6) is 0.444. The van der Waals surface area contributed by atoms with E-state index in [1.54, 1.807) is 0 Å². The third-order valence-electron chi connectivity index (χ3n) is 6.59. The summed E-state index contributed by atoms with van der Waals surface area (Å²) in [6.07, 6.45) is 5.49. The molecule has 4 aliphatic rings. The molecule has 1 amide bonds. The molecule has 6 heteroatoms. The van der Waals surface area contributed by atoms with Crippen molar-refractivity contribution >= 4 is 17.5 Å². The van der Waals surface area contributed by atoms with Gasteiger partial charge in [-0.2, -0.15) is 0 Å². The number of morpholine rings is 1. The summed E-state index contributed by atoms with van der Waals surface area (Å²) in [6.45, 7) is 3.72. The molecule has 2 bridgehead atoms. The van der Waals surface area contributed by atoms with Crippen LogP contribution < -0.4 is 5.32 Å². The fraction of sp³-hybridized carbons (Fsp3) is 0.667. The molecule has 3 saturated heterocycles. The average Bonchev–Trinajstić information content (AvgIpc) is 3.04. The van der Waals surface area contributed by atoms with Crippen molar-refractivity contribution in [2.45, 2.75) is 56.9 Å². The van der Waals surface area contributed by atoms with Crippen molar-refractivity contribution in [3.8, 4) is 0 Å². The minimum atomic E-state index is 0.129. The molecule has 1 N–H and O–H groups in total. The number of amides is 1. The predicted octanol–water partition coefficient (Wildman–Crippen LogP) is 2.84. The first-order valence-electron chi connectivity index (χ1n) is 10.2. The normalized spacial score (nSPS) is 33.0. The van der Waals surface area contributed by atoms with E-state index in [4.69, 9.17) is 21.1 Å².